The van der Waals surface area contributed by atoms with Crippen molar-refractivity contribution < 1.29 is 36.9 Å². The molecule has 4 N–H and O–H groups in total. The number of carbonyl (C=O) groups is 2. The predicted octanol–water partition coefficient (Wildman–Crippen LogP) is -1.14. The maximum atomic E-state index is 9.98. The van der Waals surface area contributed by atoms with Crippen LogP contribution in [0.4, 0.5) is 0 Å². The van der Waals surface area contributed by atoms with Crippen LogP contribution < -0.4 is 0 Å². The Morgan fingerprint density at radius 2 is 1.32 bits per heavy atom. The standard InChI is InChI=1S/2C4H5N3O2.Cu/c2*8-4(9)1-3-2-5-7-6-3;/h2*2H,1H2,(H,8,9)(H,5,6,7);. The Morgan fingerprint density at radius 3 is 1.53 bits per heavy atom. The fourth-order valence-electron chi connectivity index (χ4n) is 0.931. The molecule has 2 heterocycles. The summed E-state index contributed by atoms with van der Waals surface area (Å²) in [6.45, 7) is 0. The fraction of sp³-hybridized carbons (Fsp3) is 0.250. The van der Waals surface area contributed by atoms with E-state index < -0.39 is 11.9 Å². The maximum Gasteiger partial charge on any atom is 0.309 e. The first-order valence-electron chi connectivity index (χ1n) is 4.71. The number of carboxylic acid groups (broad SMARTS) is 2. The summed E-state index contributed by atoms with van der Waals surface area (Å²) in [5.74, 6) is -1.80. The number of aromatic nitrogens is 6. The van der Waals surface area contributed by atoms with Gasteiger partial charge in [0.2, 0.25) is 0 Å². The van der Waals surface area contributed by atoms with Crippen molar-refractivity contribution in [3.8, 4) is 0 Å². The molecular formula is C8H10CuN6O4. The molecule has 0 aliphatic rings. The molecule has 0 amide bonds. The molecule has 1 radical (unpaired) electrons. The van der Waals surface area contributed by atoms with Crippen molar-refractivity contribution in [3.05, 3.63) is 23.8 Å². The van der Waals surface area contributed by atoms with Gasteiger partial charge in [-0.2, -0.15) is 30.8 Å². The minimum Gasteiger partial charge on any atom is -0.481 e. The van der Waals surface area contributed by atoms with E-state index in [0.29, 0.717) is 11.4 Å². The molecule has 11 heteroatoms. The minimum absolute atomic E-state index is 0. The molecule has 0 bridgehead atoms. The molecule has 0 aromatic carbocycles. The smallest absolute Gasteiger partial charge is 0.309 e. The molecule has 2 rings (SSSR count). The van der Waals surface area contributed by atoms with Crippen molar-refractivity contribution in [2.75, 3.05) is 0 Å². The molecule has 0 atom stereocenters. The number of aliphatic carboxylic acids is 2. The average molecular weight is 318 g/mol. The van der Waals surface area contributed by atoms with E-state index in [1.807, 2.05) is 0 Å². The van der Waals surface area contributed by atoms with Gasteiger partial charge in [0.15, 0.2) is 0 Å². The second-order valence-corrected chi connectivity index (χ2v) is 3.06. The van der Waals surface area contributed by atoms with Crippen LogP contribution in [0.5, 0.6) is 0 Å². The summed E-state index contributed by atoms with van der Waals surface area (Å²) >= 11 is 0. The van der Waals surface area contributed by atoms with Crippen LogP contribution in [0.3, 0.4) is 0 Å². The van der Waals surface area contributed by atoms with E-state index in [2.05, 4.69) is 30.8 Å². The van der Waals surface area contributed by atoms with Crippen LogP contribution >= 0.6 is 0 Å². The van der Waals surface area contributed by atoms with E-state index in [4.69, 9.17) is 10.2 Å². The molecule has 0 spiro atoms. The molecule has 2 aromatic heterocycles. The quantitative estimate of drug-likeness (QED) is 0.515. The zero-order valence-electron chi connectivity index (χ0n) is 9.37. The van der Waals surface area contributed by atoms with Gasteiger partial charge in [0, 0.05) is 17.1 Å². The summed E-state index contributed by atoms with van der Waals surface area (Å²) in [6.07, 6.45) is 2.62. The third-order valence-corrected chi connectivity index (χ3v) is 1.59. The summed E-state index contributed by atoms with van der Waals surface area (Å²) in [6, 6.07) is 0. The van der Waals surface area contributed by atoms with E-state index in [1.165, 1.54) is 12.4 Å². The second-order valence-electron chi connectivity index (χ2n) is 3.06. The normalized spacial score (nSPS) is 8.84. The van der Waals surface area contributed by atoms with Gasteiger partial charge in [0.1, 0.15) is 0 Å². The third-order valence-electron chi connectivity index (χ3n) is 1.59. The van der Waals surface area contributed by atoms with Gasteiger partial charge in [-0.15, -0.1) is 0 Å². The van der Waals surface area contributed by atoms with Crippen molar-refractivity contribution in [1.29, 1.82) is 0 Å². The van der Waals surface area contributed by atoms with Gasteiger partial charge in [-0.1, -0.05) is 0 Å². The summed E-state index contributed by atoms with van der Waals surface area (Å²) in [7, 11) is 0. The Labute approximate surface area is 117 Å². The molecule has 19 heavy (non-hydrogen) atoms. The Hall–Kier alpha value is -2.26. The van der Waals surface area contributed by atoms with Gasteiger partial charge in [-0.05, 0) is 0 Å². The number of aromatic amines is 2. The number of nitrogens with zero attached hydrogens (tertiary/aromatic N) is 4. The van der Waals surface area contributed by atoms with Crippen LogP contribution in [0.15, 0.2) is 12.4 Å². The first-order valence-corrected chi connectivity index (χ1v) is 4.71. The number of rotatable bonds is 4. The number of carboxylic acids is 2. The van der Waals surface area contributed by atoms with E-state index >= 15 is 0 Å². The molecular weight excluding hydrogens is 308 g/mol. The van der Waals surface area contributed by atoms with Gasteiger partial charge >= 0.3 is 11.9 Å². The van der Waals surface area contributed by atoms with Crippen LogP contribution in [-0.4, -0.2) is 53.0 Å². The molecule has 2 aromatic rings. The van der Waals surface area contributed by atoms with Crippen molar-refractivity contribution in [1.82, 2.24) is 30.8 Å². The molecule has 107 valence electrons. The van der Waals surface area contributed by atoms with Gasteiger partial charge in [-0.3, -0.25) is 9.59 Å². The third kappa shape index (κ3) is 7.63. The molecule has 10 nitrogen and oxygen atoms in total. The average Bonchev–Trinajstić information content (AvgIpc) is 2.90. The van der Waals surface area contributed by atoms with E-state index in [9.17, 15) is 9.59 Å². The molecule has 0 saturated heterocycles. The van der Waals surface area contributed by atoms with Crippen LogP contribution in [0.1, 0.15) is 11.4 Å². The minimum atomic E-state index is -0.899. The molecule has 0 unspecified atom stereocenters. The topological polar surface area (TPSA) is 158 Å². The fourth-order valence-corrected chi connectivity index (χ4v) is 0.931. The zero-order chi connectivity index (χ0) is 13.4. The first kappa shape index (κ1) is 16.7. The van der Waals surface area contributed by atoms with Crippen molar-refractivity contribution >= 4 is 11.9 Å². The molecule has 0 fully saturated rings. The molecule has 0 aliphatic carbocycles. The van der Waals surface area contributed by atoms with Crippen LogP contribution in [0, 0.1) is 0 Å². The predicted molar refractivity (Wildman–Crippen MR) is 55.4 cm³/mol. The number of H-pyrrole nitrogens is 2. The monoisotopic (exact) mass is 317 g/mol. The van der Waals surface area contributed by atoms with Crippen molar-refractivity contribution in [2.45, 2.75) is 12.8 Å². The largest absolute Gasteiger partial charge is 0.481 e. The Balaban J connectivity index is 0.000000324. The Morgan fingerprint density at radius 1 is 0.947 bits per heavy atom. The van der Waals surface area contributed by atoms with Gasteiger partial charge in [0.25, 0.3) is 0 Å². The van der Waals surface area contributed by atoms with Crippen LogP contribution in [-0.2, 0) is 39.5 Å². The molecule has 0 saturated carbocycles. The summed E-state index contributed by atoms with van der Waals surface area (Å²) in [5, 5.41) is 35.0. The van der Waals surface area contributed by atoms with Crippen molar-refractivity contribution in [2.24, 2.45) is 0 Å². The van der Waals surface area contributed by atoms with E-state index in [-0.39, 0.29) is 29.9 Å². The Bertz CT molecular complexity index is 439. The number of hydrogen-bond donors (Lipinski definition) is 4. The Kier molecular flexibility index (Phi) is 7.73. The second kappa shape index (κ2) is 8.78. The van der Waals surface area contributed by atoms with E-state index in [1.54, 1.807) is 0 Å². The van der Waals surface area contributed by atoms with Crippen LogP contribution in [0.2, 0.25) is 0 Å². The summed E-state index contributed by atoms with van der Waals surface area (Å²) < 4.78 is 0. The van der Waals surface area contributed by atoms with Gasteiger partial charge in [-0.25, -0.2) is 0 Å². The van der Waals surface area contributed by atoms with Gasteiger partial charge < -0.3 is 10.2 Å². The zero-order valence-corrected chi connectivity index (χ0v) is 10.3. The van der Waals surface area contributed by atoms with Crippen molar-refractivity contribution in [3.63, 3.8) is 0 Å². The SMILES string of the molecule is O=C(O)Cc1cn[nH]n1.O=C(O)Cc1cn[nH]n1.[Cu]. The maximum absolute atomic E-state index is 9.98. The number of nitrogens with one attached hydrogen (secondary N) is 2. The molecule has 0 aliphatic heterocycles. The van der Waals surface area contributed by atoms with Crippen LogP contribution in [0.25, 0.3) is 0 Å². The van der Waals surface area contributed by atoms with E-state index in [0.717, 1.165) is 0 Å². The summed E-state index contributed by atoms with van der Waals surface area (Å²) in [5.41, 5.74) is 0.894. The number of hydrogen-bond acceptors (Lipinski definition) is 6. The summed E-state index contributed by atoms with van der Waals surface area (Å²) in [4.78, 5) is 20.0. The first-order chi connectivity index (χ1) is 8.58. The van der Waals surface area contributed by atoms with Gasteiger partial charge in [0.05, 0.1) is 36.6 Å².